The molecule has 1 heterocycles. The summed E-state index contributed by atoms with van der Waals surface area (Å²) in [5.74, 6) is -0.137. The fourth-order valence-electron chi connectivity index (χ4n) is 1.22. The zero-order chi connectivity index (χ0) is 14.6. The standard InChI is InChI=1S/C9H15N3O6S.ClH/c10-5-7(17)11-9(18)12-8(5)19-2-4(15)6(16)3(14)1-13;/h3-4,6,13-16H,1-2,10H2,(H2,11,12,17,18);1H/t3-,4+,6-;/m1./s1. The molecule has 0 unspecified atom stereocenters. The van der Waals surface area contributed by atoms with Gasteiger partial charge in [-0.1, -0.05) is 0 Å². The van der Waals surface area contributed by atoms with E-state index in [4.69, 9.17) is 15.9 Å². The number of nitrogen functional groups attached to an aromatic ring is 1. The largest absolute Gasteiger partial charge is 0.394 e. The minimum atomic E-state index is -1.55. The molecule has 1 aromatic rings. The molecule has 0 saturated heterocycles. The van der Waals surface area contributed by atoms with Crippen molar-refractivity contribution in [3.8, 4) is 0 Å². The third-order valence-electron chi connectivity index (χ3n) is 2.32. The Labute approximate surface area is 123 Å². The number of halogens is 1. The van der Waals surface area contributed by atoms with Crippen molar-refractivity contribution in [1.82, 2.24) is 9.97 Å². The van der Waals surface area contributed by atoms with Crippen LogP contribution in [0.2, 0.25) is 0 Å². The lowest BCUT2D eigenvalue weighted by Gasteiger charge is -2.21. The number of nitrogens with two attached hydrogens (primary N) is 1. The molecule has 116 valence electrons. The lowest BCUT2D eigenvalue weighted by molar-refractivity contribution is -0.0683. The van der Waals surface area contributed by atoms with Crippen molar-refractivity contribution < 1.29 is 20.4 Å². The van der Waals surface area contributed by atoms with Crippen LogP contribution in [0.3, 0.4) is 0 Å². The second kappa shape index (κ2) is 8.29. The monoisotopic (exact) mass is 329 g/mol. The van der Waals surface area contributed by atoms with Crippen LogP contribution in [0.5, 0.6) is 0 Å². The zero-order valence-corrected chi connectivity index (χ0v) is 11.8. The minimum Gasteiger partial charge on any atom is -0.394 e. The molecule has 11 heteroatoms. The van der Waals surface area contributed by atoms with Gasteiger partial charge >= 0.3 is 5.69 Å². The average molecular weight is 330 g/mol. The molecular formula is C9H16ClN3O6S. The number of hydrogen-bond donors (Lipinski definition) is 7. The number of hydrogen-bond acceptors (Lipinski definition) is 8. The van der Waals surface area contributed by atoms with Crippen LogP contribution in [-0.2, 0) is 0 Å². The molecule has 0 aliphatic rings. The fourth-order valence-corrected chi connectivity index (χ4v) is 2.17. The number of aromatic nitrogens is 2. The number of rotatable bonds is 6. The molecule has 0 aliphatic carbocycles. The topological polar surface area (TPSA) is 173 Å². The van der Waals surface area contributed by atoms with Crippen LogP contribution < -0.4 is 17.0 Å². The lowest BCUT2D eigenvalue weighted by Crippen LogP contribution is -2.40. The quantitative estimate of drug-likeness (QED) is 0.217. The molecule has 0 fully saturated rings. The first-order valence-electron chi connectivity index (χ1n) is 5.26. The van der Waals surface area contributed by atoms with Crippen LogP contribution in [0.15, 0.2) is 14.6 Å². The maximum atomic E-state index is 11.2. The van der Waals surface area contributed by atoms with Crippen LogP contribution in [0.4, 0.5) is 5.69 Å². The van der Waals surface area contributed by atoms with Gasteiger partial charge in [-0.15, -0.1) is 24.2 Å². The summed E-state index contributed by atoms with van der Waals surface area (Å²) < 4.78 is 0. The Morgan fingerprint density at radius 1 is 1.15 bits per heavy atom. The van der Waals surface area contributed by atoms with Gasteiger partial charge in [-0.05, 0) is 0 Å². The van der Waals surface area contributed by atoms with Gasteiger partial charge in [0.05, 0.1) is 12.7 Å². The van der Waals surface area contributed by atoms with Crippen molar-refractivity contribution >= 4 is 29.9 Å². The zero-order valence-electron chi connectivity index (χ0n) is 10.1. The van der Waals surface area contributed by atoms with E-state index in [9.17, 15) is 19.8 Å². The lowest BCUT2D eigenvalue weighted by atomic mass is 10.1. The highest BCUT2D eigenvalue weighted by molar-refractivity contribution is 7.99. The van der Waals surface area contributed by atoms with Crippen molar-refractivity contribution in [2.45, 2.75) is 23.3 Å². The van der Waals surface area contributed by atoms with Crippen molar-refractivity contribution in [1.29, 1.82) is 0 Å². The number of H-pyrrole nitrogens is 2. The molecule has 0 aromatic carbocycles. The van der Waals surface area contributed by atoms with Gasteiger partial charge in [0.25, 0.3) is 5.56 Å². The second-order valence-corrected chi connectivity index (χ2v) is 4.80. The Morgan fingerprint density at radius 3 is 2.30 bits per heavy atom. The third-order valence-corrected chi connectivity index (χ3v) is 3.44. The molecule has 1 aromatic heterocycles. The predicted octanol–water partition coefficient (Wildman–Crippen LogP) is -2.77. The number of anilines is 1. The number of aromatic amines is 2. The first-order chi connectivity index (χ1) is 8.86. The van der Waals surface area contributed by atoms with E-state index in [2.05, 4.69) is 4.98 Å². The van der Waals surface area contributed by atoms with Gasteiger partial charge in [-0.25, -0.2) is 4.79 Å². The number of aliphatic hydroxyl groups excluding tert-OH is 4. The fraction of sp³-hybridized carbons (Fsp3) is 0.556. The van der Waals surface area contributed by atoms with E-state index in [1.165, 1.54) is 0 Å². The Balaban J connectivity index is 0.00000361. The SMILES string of the molecule is Cl.Nc1c(SC[C@H](O)[C@H](O)[C@H](O)CO)[nH]c(=O)[nH]c1=O. The first-order valence-corrected chi connectivity index (χ1v) is 6.25. The van der Waals surface area contributed by atoms with Crippen LogP contribution in [-0.4, -0.2) is 61.1 Å². The van der Waals surface area contributed by atoms with E-state index in [1.807, 2.05) is 4.98 Å². The molecule has 20 heavy (non-hydrogen) atoms. The van der Waals surface area contributed by atoms with Gasteiger partial charge in [0.2, 0.25) is 0 Å². The van der Waals surface area contributed by atoms with Crippen molar-refractivity contribution in [3.63, 3.8) is 0 Å². The van der Waals surface area contributed by atoms with E-state index in [0.717, 1.165) is 11.8 Å². The van der Waals surface area contributed by atoms with Crippen LogP contribution in [0.1, 0.15) is 0 Å². The summed E-state index contributed by atoms with van der Waals surface area (Å²) in [7, 11) is 0. The summed E-state index contributed by atoms with van der Waals surface area (Å²) in [5.41, 5.74) is 3.72. The molecule has 1 rings (SSSR count). The van der Waals surface area contributed by atoms with Crippen molar-refractivity contribution in [3.05, 3.63) is 20.8 Å². The number of thioether (sulfide) groups is 1. The van der Waals surface area contributed by atoms with Gasteiger partial charge in [0, 0.05) is 5.75 Å². The van der Waals surface area contributed by atoms with E-state index in [0.29, 0.717) is 0 Å². The van der Waals surface area contributed by atoms with Gasteiger partial charge in [-0.2, -0.15) is 0 Å². The second-order valence-electron chi connectivity index (χ2n) is 3.77. The highest BCUT2D eigenvalue weighted by Gasteiger charge is 2.24. The van der Waals surface area contributed by atoms with Crippen LogP contribution in [0.25, 0.3) is 0 Å². The Hall–Kier alpha value is -1.04. The Morgan fingerprint density at radius 2 is 1.75 bits per heavy atom. The van der Waals surface area contributed by atoms with Crippen molar-refractivity contribution in [2.24, 2.45) is 0 Å². The van der Waals surface area contributed by atoms with Crippen LogP contribution >= 0.6 is 24.2 Å². The molecule has 3 atom stereocenters. The number of aliphatic hydroxyl groups is 4. The summed E-state index contributed by atoms with van der Waals surface area (Å²) in [6.45, 7) is -0.702. The number of nitrogens with one attached hydrogen (secondary N) is 2. The van der Waals surface area contributed by atoms with Crippen LogP contribution in [0, 0.1) is 0 Å². The molecule has 0 amide bonds. The Kier molecular flexibility index (Phi) is 7.86. The normalized spacial score (nSPS) is 15.2. The van der Waals surface area contributed by atoms with Gasteiger partial charge in [-0.3, -0.25) is 9.78 Å². The molecule has 0 radical (unpaired) electrons. The third kappa shape index (κ3) is 4.81. The summed E-state index contributed by atoms with van der Waals surface area (Å²) in [6.07, 6.45) is -4.40. The van der Waals surface area contributed by atoms with Gasteiger partial charge in [0.1, 0.15) is 22.9 Å². The average Bonchev–Trinajstić information content (AvgIpc) is 2.38. The van der Waals surface area contributed by atoms with E-state index in [-0.39, 0.29) is 28.9 Å². The van der Waals surface area contributed by atoms with E-state index in [1.54, 1.807) is 0 Å². The molecular weight excluding hydrogens is 314 g/mol. The van der Waals surface area contributed by atoms with Gasteiger partial charge < -0.3 is 31.1 Å². The molecule has 0 saturated carbocycles. The summed E-state index contributed by atoms with van der Waals surface area (Å²) in [6, 6.07) is 0. The Bertz CT molecular complexity index is 535. The summed E-state index contributed by atoms with van der Waals surface area (Å²) in [4.78, 5) is 26.4. The molecule has 0 bridgehead atoms. The molecule has 0 aliphatic heterocycles. The highest BCUT2D eigenvalue weighted by atomic mass is 35.5. The smallest absolute Gasteiger partial charge is 0.326 e. The van der Waals surface area contributed by atoms with Gasteiger partial charge in [0.15, 0.2) is 0 Å². The maximum absolute atomic E-state index is 11.2. The minimum absolute atomic E-state index is 0. The van der Waals surface area contributed by atoms with E-state index >= 15 is 0 Å². The first kappa shape index (κ1) is 19.0. The molecule has 9 nitrogen and oxygen atoms in total. The van der Waals surface area contributed by atoms with E-state index < -0.39 is 36.2 Å². The predicted molar refractivity (Wildman–Crippen MR) is 75.2 cm³/mol. The summed E-state index contributed by atoms with van der Waals surface area (Å²) in [5, 5.41) is 36.7. The molecule has 8 N–H and O–H groups in total. The molecule has 0 spiro atoms. The maximum Gasteiger partial charge on any atom is 0.326 e. The highest BCUT2D eigenvalue weighted by Crippen LogP contribution is 2.20. The van der Waals surface area contributed by atoms with Crippen molar-refractivity contribution in [2.75, 3.05) is 18.1 Å². The summed E-state index contributed by atoms with van der Waals surface area (Å²) >= 11 is 0.836.